The Morgan fingerprint density at radius 2 is 1.82 bits per heavy atom. The lowest BCUT2D eigenvalue weighted by Gasteiger charge is -2.20. The number of aryl methyl sites for hydroxylation is 2. The van der Waals surface area contributed by atoms with Crippen molar-refractivity contribution in [2.75, 3.05) is 6.54 Å². The third-order valence-corrected chi connectivity index (χ3v) is 5.15. The summed E-state index contributed by atoms with van der Waals surface area (Å²) in [7, 11) is -3.60. The maximum atomic E-state index is 12.8. The zero-order valence-electron chi connectivity index (χ0n) is 12.7. The van der Waals surface area contributed by atoms with E-state index in [1.165, 1.54) is 4.31 Å². The number of terminal acetylenes is 1. The highest BCUT2D eigenvalue weighted by atomic mass is 32.2. The van der Waals surface area contributed by atoms with Crippen LogP contribution in [0.1, 0.15) is 23.5 Å². The summed E-state index contributed by atoms with van der Waals surface area (Å²) >= 11 is 0. The molecule has 1 aromatic heterocycles. The Morgan fingerprint density at radius 3 is 2.36 bits per heavy atom. The Hall–Kier alpha value is -2.03. The van der Waals surface area contributed by atoms with Gasteiger partial charge in [0.2, 0.25) is 10.0 Å². The Bertz CT molecular complexity index is 767. The first kappa shape index (κ1) is 16.3. The quantitative estimate of drug-likeness (QED) is 0.769. The van der Waals surface area contributed by atoms with Crippen molar-refractivity contribution in [2.24, 2.45) is 0 Å². The first-order chi connectivity index (χ1) is 10.4. The number of nitrogens with zero attached hydrogens (tertiary/aromatic N) is 1. The fraction of sp³-hybridized carbons (Fsp3) is 0.294. The van der Waals surface area contributed by atoms with E-state index in [2.05, 4.69) is 5.92 Å². The normalized spacial score (nSPS) is 11.5. The molecule has 2 rings (SSSR count). The standard InChI is InChI=1S/C17H19NO3S/c1-4-5-12-18(13-16-9-8-15(3)21-16)22(19,20)17-10-6-14(2)7-11-17/h1,6-11H,5,12-13H2,2-3H3. The van der Waals surface area contributed by atoms with Gasteiger partial charge in [-0.15, -0.1) is 12.3 Å². The Labute approximate surface area is 131 Å². The van der Waals surface area contributed by atoms with Gasteiger partial charge in [-0.3, -0.25) is 0 Å². The number of benzene rings is 1. The van der Waals surface area contributed by atoms with E-state index in [4.69, 9.17) is 10.8 Å². The predicted octanol–water partition coefficient (Wildman–Crippen LogP) is 3.11. The summed E-state index contributed by atoms with van der Waals surface area (Å²) in [5.74, 6) is 3.84. The second-order valence-corrected chi connectivity index (χ2v) is 7.06. The maximum absolute atomic E-state index is 12.8. The number of hydrogen-bond acceptors (Lipinski definition) is 3. The molecule has 1 heterocycles. The summed E-state index contributed by atoms with van der Waals surface area (Å²) in [4.78, 5) is 0.262. The molecule has 0 aliphatic carbocycles. The minimum Gasteiger partial charge on any atom is -0.465 e. The zero-order chi connectivity index (χ0) is 16.2. The summed E-state index contributed by atoms with van der Waals surface area (Å²) in [5, 5.41) is 0. The summed E-state index contributed by atoms with van der Waals surface area (Å²) in [6.45, 7) is 4.17. The highest BCUT2D eigenvalue weighted by Crippen LogP contribution is 2.20. The second-order valence-electron chi connectivity index (χ2n) is 5.12. The molecule has 2 aromatic rings. The van der Waals surface area contributed by atoms with Crippen LogP contribution in [-0.2, 0) is 16.6 Å². The van der Waals surface area contributed by atoms with Crippen molar-refractivity contribution in [1.82, 2.24) is 4.31 Å². The van der Waals surface area contributed by atoms with Crippen molar-refractivity contribution in [3.05, 3.63) is 53.5 Å². The van der Waals surface area contributed by atoms with Gasteiger partial charge in [0.25, 0.3) is 0 Å². The van der Waals surface area contributed by atoms with Crippen LogP contribution in [0.25, 0.3) is 0 Å². The van der Waals surface area contributed by atoms with Crippen molar-refractivity contribution in [1.29, 1.82) is 0 Å². The van der Waals surface area contributed by atoms with E-state index < -0.39 is 10.0 Å². The van der Waals surface area contributed by atoms with E-state index in [9.17, 15) is 8.42 Å². The minimum absolute atomic E-state index is 0.172. The molecule has 1 aromatic carbocycles. The molecule has 0 saturated carbocycles. The van der Waals surface area contributed by atoms with Gasteiger partial charge in [-0.05, 0) is 38.1 Å². The molecule has 0 amide bonds. The topological polar surface area (TPSA) is 50.5 Å². The average molecular weight is 317 g/mol. The number of furan rings is 1. The number of hydrogen-bond donors (Lipinski definition) is 0. The van der Waals surface area contributed by atoms with Crippen molar-refractivity contribution in [3.8, 4) is 12.3 Å². The van der Waals surface area contributed by atoms with Gasteiger partial charge in [0, 0.05) is 13.0 Å². The Kier molecular flexibility index (Phi) is 5.07. The van der Waals surface area contributed by atoms with Crippen molar-refractivity contribution in [2.45, 2.75) is 31.7 Å². The molecule has 0 N–H and O–H groups in total. The van der Waals surface area contributed by atoms with E-state index in [1.54, 1.807) is 30.3 Å². The molecular formula is C17H19NO3S. The van der Waals surface area contributed by atoms with Gasteiger partial charge >= 0.3 is 0 Å². The van der Waals surface area contributed by atoms with Crippen LogP contribution in [0.4, 0.5) is 0 Å². The fourth-order valence-corrected chi connectivity index (χ4v) is 3.48. The molecule has 0 saturated heterocycles. The lowest BCUT2D eigenvalue weighted by atomic mass is 10.2. The highest BCUT2D eigenvalue weighted by Gasteiger charge is 2.25. The van der Waals surface area contributed by atoms with E-state index in [0.717, 1.165) is 11.3 Å². The van der Waals surface area contributed by atoms with Crippen LogP contribution >= 0.6 is 0 Å². The van der Waals surface area contributed by atoms with Gasteiger partial charge in [-0.2, -0.15) is 4.31 Å². The average Bonchev–Trinajstić information content (AvgIpc) is 2.89. The van der Waals surface area contributed by atoms with Gasteiger partial charge in [0.1, 0.15) is 11.5 Å². The monoisotopic (exact) mass is 317 g/mol. The van der Waals surface area contributed by atoms with Crippen LogP contribution in [0.15, 0.2) is 45.7 Å². The molecular weight excluding hydrogens is 298 g/mol. The highest BCUT2D eigenvalue weighted by molar-refractivity contribution is 7.89. The fourth-order valence-electron chi connectivity index (χ4n) is 2.08. The first-order valence-corrected chi connectivity index (χ1v) is 8.43. The van der Waals surface area contributed by atoms with E-state index in [-0.39, 0.29) is 18.0 Å². The molecule has 0 unspecified atom stereocenters. The van der Waals surface area contributed by atoms with Gasteiger partial charge in [0.05, 0.1) is 11.4 Å². The van der Waals surface area contributed by atoms with E-state index in [1.807, 2.05) is 19.9 Å². The third-order valence-electron chi connectivity index (χ3n) is 3.29. The maximum Gasteiger partial charge on any atom is 0.243 e. The smallest absolute Gasteiger partial charge is 0.243 e. The van der Waals surface area contributed by atoms with Gasteiger partial charge < -0.3 is 4.42 Å². The lowest BCUT2D eigenvalue weighted by Crippen LogP contribution is -2.31. The first-order valence-electron chi connectivity index (χ1n) is 6.99. The van der Waals surface area contributed by atoms with Crippen LogP contribution < -0.4 is 0 Å². The number of rotatable bonds is 6. The minimum atomic E-state index is -3.60. The number of sulfonamides is 1. The molecule has 116 valence electrons. The SMILES string of the molecule is C#CCCN(Cc1ccc(C)o1)S(=O)(=O)c1ccc(C)cc1. The molecule has 5 heteroatoms. The summed E-state index contributed by atoms with van der Waals surface area (Å²) in [6.07, 6.45) is 5.63. The summed E-state index contributed by atoms with van der Waals surface area (Å²) < 4.78 is 32.4. The summed E-state index contributed by atoms with van der Waals surface area (Å²) in [5.41, 5.74) is 1.01. The largest absolute Gasteiger partial charge is 0.465 e. The van der Waals surface area contributed by atoms with Gasteiger partial charge in [-0.1, -0.05) is 17.7 Å². The van der Waals surface area contributed by atoms with Gasteiger partial charge in [-0.25, -0.2) is 8.42 Å². The molecule has 0 atom stereocenters. The molecule has 0 bridgehead atoms. The van der Waals surface area contributed by atoms with Crippen LogP contribution in [-0.4, -0.2) is 19.3 Å². The Morgan fingerprint density at radius 1 is 1.14 bits per heavy atom. The second kappa shape index (κ2) is 6.82. The van der Waals surface area contributed by atoms with Crippen LogP contribution in [0.5, 0.6) is 0 Å². The van der Waals surface area contributed by atoms with Crippen LogP contribution in [0.2, 0.25) is 0 Å². The van der Waals surface area contributed by atoms with Crippen molar-refractivity contribution in [3.63, 3.8) is 0 Å². The van der Waals surface area contributed by atoms with E-state index >= 15 is 0 Å². The zero-order valence-corrected chi connectivity index (χ0v) is 13.6. The molecule has 0 radical (unpaired) electrons. The molecule has 0 spiro atoms. The van der Waals surface area contributed by atoms with Crippen molar-refractivity contribution >= 4 is 10.0 Å². The van der Waals surface area contributed by atoms with Crippen LogP contribution in [0, 0.1) is 26.2 Å². The lowest BCUT2D eigenvalue weighted by molar-refractivity contribution is 0.363. The molecule has 0 aliphatic heterocycles. The van der Waals surface area contributed by atoms with Gasteiger partial charge in [0.15, 0.2) is 0 Å². The Balaban J connectivity index is 2.30. The van der Waals surface area contributed by atoms with E-state index in [0.29, 0.717) is 12.2 Å². The third kappa shape index (κ3) is 3.79. The molecule has 22 heavy (non-hydrogen) atoms. The molecule has 4 nitrogen and oxygen atoms in total. The molecule has 0 fully saturated rings. The predicted molar refractivity (Wildman–Crippen MR) is 85.7 cm³/mol. The van der Waals surface area contributed by atoms with Crippen LogP contribution in [0.3, 0.4) is 0 Å². The van der Waals surface area contributed by atoms with Crippen molar-refractivity contribution < 1.29 is 12.8 Å². The summed E-state index contributed by atoms with van der Waals surface area (Å²) in [6, 6.07) is 10.4. The molecule has 0 aliphatic rings.